The van der Waals surface area contributed by atoms with E-state index in [0.717, 1.165) is 32.4 Å². The molecule has 0 aromatic heterocycles. The molecule has 2 saturated heterocycles. The van der Waals surface area contributed by atoms with E-state index >= 15 is 0 Å². The molecular weight excluding hydrogens is 302 g/mol. The van der Waals surface area contributed by atoms with Crippen LogP contribution in [0.25, 0.3) is 0 Å². The highest BCUT2D eigenvalue weighted by atomic mass is 16.2. The predicted octanol–water partition coefficient (Wildman–Crippen LogP) is 2.37. The summed E-state index contributed by atoms with van der Waals surface area (Å²) in [5, 5.41) is 0. The number of hydrogen-bond acceptors (Lipinski definition) is 3. The largest absolute Gasteiger partial charge is 0.327 e. The van der Waals surface area contributed by atoms with E-state index in [1.165, 1.54) is 10.5 Å². The van der Waals surface area contributed by atoms with Crippen LogP contribution < -0.4 is 0 Å². The third kappa shape index (κ3) is 2.81. The zero-order valence-corrected chi connectivity index (χ0v) is 14.9. The number of carbonyl (C=O) groups excluding carboxylic acids is 2. The maximum atomic E-state index is 13.1. The van der Waals surface area contributed by atoms with Gasteiger partial charge in [-0.2, -0.15) is 0 Å². The molecule has 0 unspecified atom stereocenters. The Labute approximate surface area is 144 Å². The lowest BCUT2D eigenvalue weighted by molar-refractivity contribution is -0.136. The van der Waals surface area contributed by atoms with Gasteiger partial charge >= 0.3 is 6.03 Å². The van der Waals surface area contributed by atoms with Crippen LogP contribution in [0.1, 0.15) is 32.3 Å². The lowest BCUT2D eigenvalue weighted by Gasteiger charge is -2.41. The fraction of sp³-hybridized carbons (Fsp3) is 0.579. The molecule has 3 amide bonds. The van der Waals surface area contributed by atoms with Crippen LogP contribution >= 0.6 is 0 Å². The second-order valence-electron chi connectivity index (χ2n) is 7.27. The van der Waals surface area contributed by atoms with Gasteiger partial charge in [-0.3, -0.25) is 9.69 Å². The third-order valence-corrected chi connectivity index (χ3v) is 5.37. The Morgan fingerprint density at radius 2 is 1.71 bits per heavy atom. The Balaban J connectivity index is 1.85. The highest BCUT2D eigenvalue weighted by Gasteiger charge is 2.57. The lowest BCUT2D eigenvalue weighted by atomic mass is 9.85. The minimum absolute atomic E-state index is 0.00339. The smallest absolute Gasteiger partial charge is 0.309 e. The van der Waals surface area contributed by atoms with E-state index in [9.17, 15) is 9.59 Å². The van der Waals surface area contributed by atoms with Crippen molar-refractivity contribution in [1.29, 1.82) is 0 Å². The van der Waals surface area contributed by atoms with Gasteiger partial charge < -0.3 is 9.80 Å². The number of nitrogens with zero attached hydrogens (tertiary/aromatic N) is 3. The Hall–Kier alpha value is -1.88. The second-order valence-corrected chi connectivity index (χ2v) is 7.27. The van der Waals surface area contributed by atoms with Crippen molar-refractivity contribution >= 4 is 11.9 Å². The van der Waals surface area contributed by atoms with Crippen LogP contribution in [0, 0.1) is 0 Å². The predicted molar refractivity (Wildman–Crippen MR) is 93.7 cm³/mol. The van der Waals surface area contributed by atoms with E-state index in [1.54, 1.807) is 0 Å². The summed E-state index contributed by atoms with van der Waals surface area (Å²) < 4.78 is 0. The van der Waals surface area contributed by atoms with Crippen molar-refractivity contribution in [3.63, 3.8) is 0 Å². The van der Waals surface area contributed by atoms with Gasteiger partial charge in [0.15, 0.2) is 0 Å². The summed E-state index contributed by atoms with van der Waals surface area (Å²) in [7, 11) is 2.07. The molecule has 130 valence electrons. The number of piperidine rings is 1. The number of carbonyl (C=O) groups is 2. The van der Waals surface area contributed by atoms with Crippen molar-refractivity contribution < 1.29 is 9.59 Å². The number of imide groups is 1. The van der Waals surface area contributed by atoms with Gasteiger partial charge in [-0.15, -0.1) is 0 Å². The number of rotatable bonds is 4. The Morgan fingerprint density at radius 3 is 2.29 bits per heavy atom. The molecule has 0 bridgehead atoms. The van der Waals surface area contributed by atoms with Gasteiger partial charge in [0, 0.05) is 25.7 Å². The average molecular weight is 329 g/mol. The van der Waals surface area contributed by atoms with Crippen LogP contribution in [0.3, 0.4) is 0 Å². The van der Waals surface area contributed by atoms with E-state index in [4.69, 9.17) is 0 Å². The molecule has 0 N–H and O–H groups in total. The normalized spacial score (nSPS) is 21.3. The summed E-state index contributed by atoms with van der Waals surface area (Å²) in [6.07, 6.45) is 2.24. The zero-order chi connectivity index (χ0) is 17.3. The van der Waals surface area contributed by atoms with Crippen LogP contribution in [0.15, 0.2) is 30.3 Å². The third-order valence-electron chi connectivity index (χ3n) is 5.37. The molecule has 2 fully saturated rings. The maximum Gasteiger partial charge on any atom is 0.327 e. The molecule has 1 aromatic rings. The van der Waals surface area contributed by atoms with E-state index in [0.29, 0.717) is 6.54 Å². The fourth-order valence-corrected chi connectivity index (χ4v) is 3.86. The molecular formula is C19H27N3O2. The monoisotopic (exact) mass is 329 g/mol. The van der Waals surface area contributed by atoms with Crippen LogP contribution in [-0.4, -0.2) is 64.9 Å². The molecule has 5 nitrogen and oxygen atoms in total. The van der Waals surface area contributed by atoms with Gasteiger partial charge in [-0.05, 0) is 45.7 Å². The van der Waals surface area contributed by atoms with Crippen LogP contribution in [0.2, 0.25) is 0 Å². The van der Waals surface area contributed by atoms with Gasteiger partial charge in [-0.25, -0.2) is 4.79 Å². The van der Waals surface area contributed by atoms with Crippen molar-refractivity contribution in [2.75, 3.05) is 26.7 Å². The van der Waals surface area contributed by atoms with Crippen molar-refractivity contribution in [2.45, 2.75) is 44.7 Å². The summed E-state index contributed by atoms with van der Waals surface area (Å²) in [6, 6.07) is 9.95. The van der Waals surface area contributed by atoms with Gasteiger partial charge in [-0.1, -0.05) is 30.3 Å². The molecule has 3 rings (SSSR count). The van der Waals surface area contributed by atoms with Gasteiger partial charge in [0.05, 0.1) is 0 Å². The first-order valence-electron chi connectivity index (χ1n) is 8.83. The molecule has 2 aliphatic heterocycles. The first kappa shape index (κ1) is 17.0. The second kappa shape index (κ2) is 6.55. The molecule has 24 heavy (non-hydrogen) atoms. The highest BCUT2D eigenvalue weighted by molar-refractivity contribution is 6.07. The number of hydrogen-bond donors (Lipinski definition) is 0. The molecule has 2 heterocycles. The molecule has 2 aliphatic rings. The number of benzene rings is 1. The summed E-state index contributed by atoms with van der Waals surface area (Å²) in [5.41, 5.74) is 0.562. The van der Waals surface area contributed by atoms with Crippen LogP contribution in [0.5, 0.6) is 0 Å². The van der Waals surface area contributed by atoms with E-state index in [2.05, 4.69) is 24.1 Å². The van der Waals surface area contributed by atoms with Gasteiger partial charge in [0.2, 0.25) is 0 Å². The molecule has 1 spiro atoms. The molecule has 0 atom stereocenters. The van der Waals surface area contributed by atoms with Crippen molar-refractivity contribution in [3.8, 4) is 0 Å². The average Bonchev–Trinajstić information content (AvgIpc) is 2.77. The Kier molecular flexibility index (Phi) is 4.63. The Bertz CT molecular complexity index is 606. The standard InChI is InChI=1S/C19H27N3O2/c1-15(2)22-17(23)19(10-13-20(3)14-11-19)21(18(22)24)12-9-16-7-5-4-6-8-16/h4-8,15H,9-14H2,1-3H3. The molecule has 0 saturated carbocycles. The van der Waals surface area contributed by atoms with E-state index in [-0.39, 0.29) is 18.0 Å². The van der Waals surface area contributed by atoms with Crippen molar-refractivity contribution in [2.24, 2.45) is 0 Å². The number of likely N-dealkylation sites (tertiary alicyclic amines) is 1. The minimum Gasteiger partial charge on any atom is -0.309 e. The highest BCUT2D eigenvalue weighted by Crippen LogP contribution is 2.38. The minimum atomic E-state index is -0.636. The van der Waals surface area contributed by atoms with Crippen molar-refractivity contribution in [3.05, 3.63) is 35.9 Å². The molecule has 1 aromatic carbocycles. The summed E-state index contributed by atoms with van der Waals surface area (Å²) in [6.45, 7) is 6.14. The number of urea groups is 1. The molecule has 5 heteroatoms. The topological polar surface area (TPSA) is 43.9 Å². The lowest BCUT2D eigenvalue weighted by Crippen LogP contribution is -2.56. The first-order chi connectivity index (χ1) is 11.5. The van der Waals surface area contributed by atoms with Gasteiger partial charge in [0.1, 0.15) is 5.54 Å². The number of amides is 3. The van der Waals surface area contributed by atoms with Crippen LogP contribution in [-0.2, 0) is 11.2 Å². The quantitative estimate of drug-likeness (QED) is 0.797. The first-order valence-corrected chi connectivity index (χ1v) is 8.83. The van der Waals surface area contributed by atoms with E-state index in [1.807, 2.05) is 36.9 Å². The fourth-order valence-electron chi connectivity index (χ4n) is 3.86. The summed E-state index contributed by atoms with van der Waals surface area (Å²) >= 11 is 0. The summed E-state index contributed by atoms with van der Waals surface area (Å²) in [4.78, 5) is 31.6. The SMILES string of the molecule is CC(C)N1C(=O)N(CCc2ccccc2)C2(CCN(C)CC2)C1=O. The Morgan fingerprint density at radius 1 is 1.08 bits per heavy atom. The summed E-state index contributed by atoms with van der Waals surface area (Å²) in [5.74, 6) is 0.00339. The zero-order valence-electron chi connectivity index (χ0n) is 14.9. The molecule has 0 radical (unpaired) electrons. The van der Waals surface area contributed by atoms with Crippen LogP contribution in [0.4, 0.5) is 4.79 Å². The maximum absolute atomic E-state index is 13.1. The van der Waals surface area contributed by atoms with Gasteiger partial charge in [0.25, 0.3) is 5.91 Å². The molecule has 0 aliphatic carbocycles. The van der Waals surface area contributed by atoms with Crippen molar-refractivity contribution in [1.82, 2.24) is 14.7 Å². The van der Waals surface area contributed by atoms with E-state index < -0.39 is 5.54 Å².